The zero-order valence-electron chi connectivity index (χ0n) is 13.3. The van der Waals surface area contributed by atoms with Gasteiger partial charge in [0.05, 0.1) is 15.7 Å². The van der Waals surface area contributed by atoms with Crippen molar-refractivity contribution in [3.63, 3.8) is 0 Å². The van der Waals surface area contributed by atoms with Gasteiger partial charge in [-0.05, 0) is 49.4 Å². The molecule has 25 heavy (non-hydrogen) atoms. The standard InChI is InChI=1S/C18H14Cl2N4O/c1-11(25)12-5-7-13(8-6-12)22-16-9-10-21-18(23-16)24-17-14(19)3-2-4-15(17)20/h2-10H,1H3,(H2,21,22,23,24). The van der Waals surface area contributed by atoms with Crippen LogP contribution in [-0.2, 0) is 0 Å². The number of ketones is 1. The number of nitrogens with one attached hydrogen (secondary N) is 2. The van der Waals surface area contributed by atoms with Gasteiger partial charge >= 0.3 is 0 Å². The first kappa shape index (κ1) is 17.2. The summed E-state index contributed by atoms with van der Waals surface area (Å²) in [4.78, 5) is 19.9. The molecule has 0 unspecified atom stereocenters. The highest BCUT2D eigenvalue weighted by atomic mass is 35.5. The zero-order valence-corrected chi connectivity index (χ0v) is 14.8. The van der Waals surface area contributed by atoms with E-state index < -0.39 is 0 Å². The summed E-state index contributed by atoms with van der Waals surface area (Å²) >= 11 is 12.3. The molecule has 5 nitrogen and oxygen atoms in total. The van der Waals surface area contributed by atoms with Gasteiger partial charge in [0.25, 0.3) is 0 Å². The minimum absolute atomic E-state index is 0.0247. The second-order valence-corrected chi connectivity index (χ2v) is 6.06. The number of benzene rings is 2. The molecule has 0 bridgehead atoms. The first-order chi connectivity index (χ1) is 12.0. The Hall–Kier alpha value is -2.63. The first-order valence-electron chi connectivity index (χ1n) is 7.45. The number of rotatable bonds is 5. The topological polar surface area (TPSA) is 66.9 Å². The van der Waals surface area contributed by atoms with E-state index in [4.69, 9.17) is 23.2 Å². The van der Waals surface area contributed by atoms with Crippen LogP contribution >= 0.6 is 23.2 Å². The van der Waals surface area contributed by atoms with Crippen molar-refractivity contribution in [3.05, 3.63) is 70.3 Å². The molecule has 0 aliphatic carbocycles. The summed E-state index contributed by atoms with van der Waals surface area (Å²) in [6.45, 7) is 1.53. The van der Waals surface area contributed by atoms with Gasteiger partial charge < -0.3 is 10.6 Å². The highest BCUT2D eigenvalue weighted by molar-refractivity contribution is 6.39. The van der Waals surface area contributed by atoms with Gasteiger partial charge in [-0.1, -0.05) is 29.3 Å². The third kappa shape index (κ3) is 4.26. The second-order valence-electron chi connectivity index (χ2n) is 5.25. The van der Waals surface area contributed by atoms with Crippen LogP contribution in [0.15, 0.2) is 54.7 Å². The molecule has 2 aromatic carbocycles. The van der Waals surface area contributed by atoms with Crippen molar-refractivity contribution in [1.82, 2.24) is 9.97 Å². The summed E-state index contributed by atoms with van der Waals surface area (Å²) in [7, 11) is 0. The molecule has 1 aromatic heterocycles. The molecule has 3 aromatic rings. The lowest BCUT2D eigenvalue weighted by atomic mass is 10.1. The molecule has 0 amide bonds. The Labute approximate surface area is 155 Å². The molecule has 0 spiro atoms. The molecular formula is C18H14Cl2N4O. The van der Waals surface area contributed by atoms with Crippen LogP contribution in [0.4, 0.5) is 23.1 Å². The predicted molar refractivity (Wildman–Crippen MR) is 102 cm³/mol. The summed E-state index contributed by atoms with van der Waals surface area (Å²) in [5.74, 6) is 0.980. The molecule has 1 heterocycles. The average molecular weight is 373 g/mol. The third-order valence-corrected chi connectivity index (χ3v) is 4.05. The lowest BCUT2D eigenvalue weighted by Crippen LogP contribution is -2.01. The zero-order chi connectivity index (χ0) is 17.8. The van der Waals surface area contributed by atoms with Gasteiger partial charge in [0.15, 0.2) is 5.78 Å². The second kappa shape index (κ2) is 7.51. The van der Waals surface area contributed by atoms with E-state index >= 15 is 0 Å². The van der Waals surface area contributed by atoms with Crippen molar-refractivity contribution in [2.45, 2.75) is 6.92 Å². The molecule has 0 atom stereocenters. The maximum Gasteiger partial charge on any atom is 0.229 e. The van der Waals surface area contributed by atoms with E-state index in [1.807, 2.05) is 12.1 Å². The number of hydrogen-bond acceptors (Lipinski definition) is 5. The van der Waals surface area contributed by atoms with Crippen LogP contribution in [-0.4, -0.2) is 15.8 Å². The number of halogens is 2. The van der Waals surface area contributed by atoms with Gasteiger partial charge in [0.2, 0.25) is 5.95 Å². The van der Waals surface area contributed by atoms with Crippen LogP contribution < -0.4 is 10.6 Å². The lowest BCUT2D eigenvalue weighted by Gasteiger charge is -2.10. The largest absolute Gasteiger partial charge is 0.340 e. The summed E-state index contributed by atoms with van der Waals surface area (Å²) < 4.78 is 0. The van der Waals surface area contributed by atoms with Gasteiger partial charge in [-0.3, -0.25) is 4.79 Å². The van der Waals surface area contributed by atoms with E-state index in [9.17, 15) is 4.79 Å². The van der Waals surface area contributed by atoms with Gasteiger partial charge in [-0.2, -0.15) is 4.98 Å². The molecule has 0 saturated heterocycles. The molecular weight excluding hydrogens is 359 g/mol. The van der Waals surface area contributed by atoms with E-state index in [-0.39, 0.29) is 5.78 Å². The number of para-hydroxylation sites is 1. The van der Waals surface area contributed by atoms with Crippen LogP contribution in [0.25, 0.3) is 0 Å². The monoisotopic (exact) mass is 372 g/mol. The minimum atomic E-state index is 0.0247. The number of nitrogens with zero attached hydrogens (tertiary/aromatic N) is 2. The van der Waals surface area contributed by atoms with Crippen molar-refractivity contribution in [1.29, 1.82) is 0 Å². The SMILES string of the molecule is CC(=O)c1ccc(Nc2ccnc(Nc3c(Cl)cccc3Cl)n2)cc1. The third-order valence-electron chi connectivity index (χ3n) is 3.42. The number of aromatic nitrogens is 2. The first-order valence-corrected chi connectivity index (χ1v) is 8.20. The molecule has 126 valence electrons. The number of anilines is 4. The predicted octanol–water partition coefficient (Wildman–Crippen LogP) is 5.47. The van der Waals surface area contributed by atoms with E-state index in [0.717, 1.165) is 5.69 Å². The van der Waals surface area contributed by atoms with Gasteiger partial charge in [-0.15, -0.1) is 0 Å². The summed E-state index contributed by atoms with van der Waals surface area (Å²) in [5.41, 5.74) is 2.02. The van der Waals surface area contributed by atoms with Gasteiger partial charge in [-0.25, -0.2) is 4.98 Å². The van der Waals surface area contributed by atoms with Crippen LogP contribution in [0.1, 0.15) is 17.3 Å². The minimum Gasteiger partial charge on any atom is -0.340 e. The Morgan fingerprint density at radius 1 is 0.960 bits per heavy atom. The number of carbonyl (C=O) groups excluding carboxylic acids is 1. The van der Waals surface area contributed by atoms with E-state index in [2.05, 4.69) is 20.6 Å². The molecule has 0 saturated carbocycles. The quantitative estimate of drug-likeness (QED) is 0.580. The summed E-state index contributed by atoms with van der Waals surface area (Å²) in [6, 6.07) is 14.1. The Kier molecular flexibility index (Phi) is 5.16. The highest BCUT2D eigenvalue weighted by Gasteiger charge is 2.08. The molecule has 0 fully saturated rings. The fourth-order valence-electron chi connectivity index (χ4n) is 2.15. The summed E-state index contributed by atoms with van der Waals surface area (Å²) in [5, 5.41) is 7.14. The van der Waals surface area contributed by atoms with Crippen molar-refractivity contribution >= 4 is 52.1 Å². The number of hydrogen-bond donors (Lipinski definition) is 2. The van der Waals surface area contributed by atoms with Crippen LogP contribution in [0.5, 0.6) is 0 Å². The van der Waals surface area contributed by atoms with Crippen molar-refractivity contribution in [2.24, 2.45) is 0 Å². The molecule has 7 heteroatoms. The lowest BCUT2D eigenvalue weighted by molar-refractivity contribution is 0.101. The molecule has 0 aliphatic rings. The van der Waals surface area contributed by atoms with Crippen LogP contribution in [0.2, 0.25) is 10.0 Å². The van der Waals surface area contributed by atoms with E-state index in [0.29, 0.717) is 33.1 Å². The fourth-order valence-corrected chi connectivity index (χ4v) is 2.65. The Bertz CT molecular complexity index is 893. The molecule has 3 rings (SSSR count). The van der Waals surface area contributed by atoms with Gasteiger partial charge in [0, 0.05) is 17.4 Å². The Morgan fingerprint density at radius 3 is 2.28 bits per heavy atom. The van der Waals surface area contributed by atoms with Crippen molar-refractivity contribution in [3.8, 4) is 0 Å². The van der Waals surface area contributed by atoms with Crippen LogP contribution in [0.3, 0.4) is 0 Å². The maximum atomic E-state index is 11.3. The number of Topliss-reactive ketones (excluding diaryl/α,β-unsaturated/α-hetero) is 1. The highest BCUT2D eigenvalue weighted by Crippen LogP contribution is 2.31. The maximum absolute atomic E-state index is 11.3. The average Bonchev–Trinajstić information content (AvgIpc) is 2.59. The Morgan fingerprint density at radius 2 is 1.64 bits per heavy atom. The normalized spacial score (nSPS) is 10.4. The van der Waals surface area contributed by atoms with E-state index in [1.54, 1.807) is 42.6 Å². The van der Waals surface area contributed by atoms with Gasteiger partial charge in [0.1, 0.15) is 5.82 Å². The van der Waals surface area contributed by atoms with Crippen molar-refractivity contribution in [2.75, 3.05) is 10.6 Å². The smallest absolute Gasteiger partial charge is 0.229 e. The molecule has 0 aliphatic heterocycles. The fraction of sp³-hybridized carbons (Fsp3) is 0.0556. The number of carbonyl (C=O) groups is 1. The summed E-state index contributed by atoms with van der Waals surface area (Å²) in [6.07, 6.45) is 1.62. The van der Waals surface area contributed by atoms with Crippen molar-refractivity contribution < 1.29 is 4.79 Å². The van der Waals surface area contributed by atoms with E-state index in [1.165, 1.54) is 6.92 Å². The molecule has 0 radical (unpaired) electrons. The van der Waals surface area contributed by atoms with Crippen LogP contribution in [0, 0.1) is 0 Å². The Balaban J connectivity index is 1.78. The molecule has 2 N–H and O–H groups in total.